The van der Waals surface area contributed by atoms with Gasteiger partial charge in [0.15, 0.2) is 0 Å². The number of hydrogen-bond donors (Lipinski definition) is 1. The number of benzene rings is 1. The molecule has 18 heavy (non-hydrogen) atoms. The van der Waals surface area contributed by atoms with Crippen LogP contribution in [0.15, 0.2) is 24.3 Å². The Labute approximate surface area is 109 Å². The molecule has 0 bridgehead atoms. The van der Waals surface area contributed by atoms with E-state index in [1.54, 1.807) is 14.2 Å². The molecule has 1 rings (SSSR count). The summed E-state index contributed by atoms with van der Waals surface area (Å²) in [5.74, 6) is 0.909. The second-order valence-electron chi connectivity index (χ2n) is 4.16. The van der Waals surface area contributed by atoms with Gasteiger partial charge in [0.1, 0.15) is 11.9 Å². The van der Waals surface area contributed by atoms with Crippen LogP contribution >= 0.6 is 0 Å². The second kappa shape index (κ2) is 8.91. The molecule has 102 valence electrons. The smallest absolute Gasteiger partial charge is 0.124 e. The monoisotopic (exact) mass is 253 g/mol. The molecule has 1 aromatic rings. The van der Waals surface area contributed by atoms with E-state index in [-0.39, 0.29) is 6.10 Å². The molecule has 1 atom stereocenters. The van der Waals surface area contributed by atoms with E-state index in [4.69, 9.17) is 14.2 Å². The first-order valence-electron chi connectivity index (χ1n) is 6.21. The van der Waals surface area contributed by atoms with Crippen molar-refractivity contribution in [1.29, 1.82) is 0 Å². The Balaban J connectivity index is 2.50. The average Bonchev–Trinajstić information content (AvgIpc) is 2.37. The fourth-order valence-corrected chi connectivity index (χ4v) is 1.65. The molecule has 4 heteroatoms. The highest BCUT2D eigenvalue weighted by Crippen LogP contribution is 2.19. The highest BCUT2D eigenvalue weighted by Gasteiger charge is 2.07. The Morgan fingerprint density at radius 3 is 2.67 bits per heavy atom. The lowest BCUT2D eigenvalue weighted by Gasteiger charge is -2.17. The Morgan fingerprint density at radius 2 is 1.94 bits per heavy atom. The Hall–Kier alpha value is -1.10. The van der Waals surface area contributed by atoms with Gasteiger partial charge in [-0.1, -0.05) is 18.2 Å². The maximum atomic E-state index is 5.85. The Kier molecular flexibility index (Phi) is 7.41. The van der Waals surface area contributed by atoms with Crippen LogP contribution in [0.1, 0.15) is 12.5 Å². The molecule has 0 radical (unpaired) electrons. The minimum absolute atomic E-state index is 0.0510. The van der Waals surface area contributed by atoms with Gasteiger partial charge in [0.2, 0.25) is 0 Å². The van der Waals surface area contributed by atoms with Gasteiger partial charge < -0.3 is 19.5 Å². The lowest BCUT2D eigenvalue weighted by atomic mass is 10.2. The zero-order chi connectivity index (χ0) is 13.2. The predicted octanol–water partition coefficient (Wildman–Crippen LogP) is 1.84. The molecule has 4 nitrogen and oxygen atoms in total. The van der Waals surface area contributed by atoms with Crippen molar-refractivity contribution in [3.63, 3.8) is 0 Å². The second-order valence-corrected chi connectivity index (χ2v) is 4.16. The van der Waals surface area contributed by atoms with Gasteiger partial charge in [-0.3, -0.25) is 0 Å². The normalized spacial score (nSPS) is 12.4. The first-order chi connectivity index (χ1) is 8.77. The first kappa shape index (κ1) is 15.0. The van der Waals surface area contributed by atoms with E-state index in [0.717, 1.165) is 24.4 Å². The van der Waals surface area contributed by atoms with Crippen LogP contribution in [0.25, 0.3) is 0 Å². The van der Waals surface area contributed by atoms with E-state index in [1.807, 2.05) is 25.1 Å². The van der Waals surface area contributed by atoms with Crippen molar-refractivity contribution in [2.75, 3.05) is 34.0 Å². The number of para-hydroxylation sites is 1. The minimum Gasteiger partial charge on any atom is -0.488 e. The van der Waals surface area contributed by atoms with Crippen LogP contribution < -0.4 is 10.1 Å². The summed E-state index contributed by atoms with van der Waals surface area (Å²) < 4.78 is 15.9. The number of methoxy groups -OCH3 is 2. The van der Waals surface area contributed by atoms with Gasteiger partial charge in [0.25, 0.3) is 0 Å². The molecule has 0 fully saturated rings. The molecule has 1 N–H and O–H groups in total. The lowest BCUT2D eigenvalue weighted by Crippen LogP contribution is -2.21. The van der Waals surface area contributed by atoms with Gasteiger partial charge in [0.05, 0.1) is 13.2 Å². The maximum Gasteiger partial charge on any atom is 0.124 e. The van der Waals surface area contributed by atoms with E-state index in [0.29, 0.717) is 13.2 Å². The minimum atomic E-state index is 0.0510. The zero-order valence-corrected chi connectivity index (χ0v) is 11.4. The molecule has 1 unspecified atom stereocenters. The molecule has 0 aliphatic carbocycles. The molecular weight excluding hydrogens is 230 g/mol. The Bertz CT molecular complexity index is 331. The van der Waals surface area contributed by atoms with E-state index in [2.05, 4.69) is 11.4 Å². The molecule has 1 aromatic carbocycles. The highest BCUT2D eigenvalue weighted by molar-refractivity contribution is 5.33. The van der Waals surface area contributed by atoms with Crippen molar-refractivity contribution in [3.8, 4) is 5.75 Å². The van der Waals surface area contributed by atoms with Crippen molar-refractivity contribution in [2.24, 2.45) is 0 Å². The van der Waals surface area contributed by atoms with E-state index in [1.165, 1.54) is 0 Å². The van der Waals surface area contributed by atoms with Gasteiger partial charge in [-0.2, -0.15) is 0 Å². The van der Waals surface area contributed by atoms with Crippen molar-refractivity contribution < 1.29 is 14.2 Å². The summed E-state index contributed by atoms with van der Waals surface area (Å²) in [4.78, 5) is 0. The van der Waals surface area contributed by atoms with Crippen LogP contribution in [0.4, 0.5) is 0 Å². The van der Waals surface area contributed by atoms with Crippen LogP contribution in [0.3, 0.4) is 0 Å². The van der Waals surface area contributed by atoms with Crippen LogP contribution in [0.5, 0.6) is 5.75 Å². The average molecular weight is 253 g/mol. The van der Waals surface area contributed by atoms with Crippen LogP contribution in [-0.4, -0.2) is 40.1 Å². The summed E-state index contributed by atoms with van der Waals surface area (Å²) in [5, 5.41) is 3.31. The molecule has 0 aliphatic heterocycles. The van der Waals surface area contributed by atoms with Gasteiger partial charge in [-0.25, -0.2) is 0 Å². The van der Waals surface area contributed by atoms with Gasteiger partial charge in [-0.05, 0) is 13.0 Å². The molecule has 0 saturated heterocycles. The molecule has 0 aromatic heterocycles. The fraction of sp³-hybridized carbons (Fsp3) is 0.571. The van der Waals surface area contributed by atoms with E-state index >= 15 is 0 Å². The first-order valence-corrected chi connectivity index (χ1v) is 6.21. The van der Waals surface area contributed by atoms with Crippen LogP contribution in [-0.2, 0) is 16.0 Å². The number of rotatable bonds is 9. The Morgan fingerprint density at radius 1 is 1.17 bits per heavy atom. The van der Waals surface area contributed by atoms with Crippen molar-refractivity contribution in [2.45, 2.75) is 19.6 Å². The molecule has 0 saturated carbocycles. The third-order valence-corrected chi connectivity index (χ3v) is 2.50. The fourth-order valence-electron chi connectivity index (χ4n) is 1.65. The predicted molar refractivity (Wildman–Crippen MR) is 72.0 cm³/mol. The molecule has 0 spiro atoms. The molecule has 0 aliphatic rings. The quantitative estimate of drug-likeness (QED) is 0.682. The number of ether oxygens (including phenoxy) is 3. The third kappa shape index (κ3) is 5.49. The van der Waals surface area contributed by atoms with E-state index < -0.39 is 0 Å². The van der Waals surface area contributed by atoms with E-state index in [9.17, 15) is 0 Å². The van der Waals surface area contributed by atoms with Crippen molar-refractivity contribution in [3.05, 3.63) is 29.8 Å². The third-order valence-electron chi connectivity index (χ3n) is 2.50. The summed E-state index contributed by atoms with van der Waals surface area (Å²) in [5.41, 5.74) is 1.15. The molecular formula is C14H23NO3. The number of hydrogen-bond acceptors (Lipinski definition) is 4. The largest absolute Gasteiger partial charge is 0.488 e. The van der Waals surface area contributed by atoms with Gasteiger partial charge in [0, 0.05) is 32.9 Å². The summed E-state index contributed by atoms with van der Waals surface area (Å²) in [6, 6.07) is 8.04. The number of nitrogens with one attached hydrogen (secondary N) is 1. The lowest BCUT2D eigenvalue weighted by molar-refractivity contribution is 0.0913. The van der Waals surface area contributed by atoms with Gasteiger partial charge in [-0.15, -0.1) is 0 Å². The SMILES string of the molecule is COCCNCc1ccccc1OC(C)COC. The highest BCUT2D eigenvalue weighted by atomic mass is 16.5. The molecule has 0 heterocycles. The summed E-state index contributed by atoms with van der Waals surface area (Å²) in [6.07, 6.45) is 0.0510. The van der Waals surface area contributed by atoms with Crippen LogP contribution in [0.2, 0.25) is 0 Å². The molecule has 0 amide bonds. The topological polar surface area (TPSA) is 39.7 Å². The zero-order valence-electron chi connectivity index (χ0n) is 11.4. The van der Waals surface area contributed by atoms with Gasteiger partial charge >= 0.3 is 0 Å². The van der Waals surface area contributed by atoms with Crippen molar-refractivity contribution in [1.82, 2.24) is 5.32 Å². The summed E-state index contributed by atoms with van der Waals surface area (Å²) in [7, 11) is 3.38. The summed E-state index contributed by atoms with van der Waals surface area (Å²) >= 11 is 0. The van der Waals surface area contributed by atoms with Crippen LogP contribution in [0, 0.1) is 0 Å². The maximum absolute atomic E-state index is 5.85. The van der Waals surface area contributed by atoms with Crippen molar-refractivity contribution >= 4 is 0 Å². The standard InChI is InChI=1S/C14H23NO3/c1-12(11-17-3)18-14-7-5-4-6-13(14)10-15-8-9-16-2/h4-7,12,15H,8-11H2,1-3H3. The summed E-state index contributed by atoms with van der Waals surface area (Å²) in [6.45, 7) is 4.91.